The van der Waals surface area contributed by atoms with Gasteiger partial charge in [0.1, 0.15) is 0 Å². The van der Waals surface area contributed by atoms with Gasteiger partial charge >= 0.3 is 85.6 Å². The van der Waals surface area contributed by atoms with Gasteiger partial charge in [0.25, 0.3) is 6.08 Å². The SMILES string of the molecule is C1CCC([PH+](C2CCCCC2)C2CCCCC2)CC1.C=CC.CC=C(F)F.Cc1cc(C)c(N2[CH-]N(c3c(C)cc(C)cc3C)CC2)c(C)c1.FC(F)=C(F)F.[Cl][Ru]([Cl])=[CH]c1ccccc1. The molecule has 7 rings (SSSR count). The molecular weight excluding hydrogens is 994 g/mol. The third kappa shape index (κ3) is 22.3. The summed E-state index contributed by atoms with van der Waals surface area (Å²) in [4.78, 5) is 4.81. The van der Waals surface area contributed by atoms with Crippen LogP contribution in [0.15, 0.2) is 91.6 Å². The number of benzene rings is 3. The van der Waals surface area contributed by atoms with Crippen molar-refractivity contribution in [1.29, 1.82) is 0 Å². The monoisotopic (exact) mass is 1070 g/mol. The van der Waals surface area contributed by atoms with Gasteiger partial charge in [0.2, 0.25) is 0 Å². The number of hydrogen-bond acceptors (Lipinski definition) is 2. The molecule has 1 heterocycles. The summed E-state index contributed by atoms with van der Waals surface area (Å²) in [5, 5.41) is 0. The molecule has 3 aliphatic carbocycles. The van der Waals surface area contributed by atoms with Crippen LogP contribution in [0, 0.1) is 48.2 Å². The van der Waals surface area contributed by atoms with E-state index in [-0.39, 0.29) is 7.92 Å². The van der Waals surface area contributed by atoms with Crippen molar-refractivity contribution in [3.63, 3.8) is 0 Å². The fourth-order valence-corrected chi connectivity index (χ4v) is 17.1. The summed E-state index contributed by atoms with van der Waals surface area (Å²) in [6, 6.07) is 19.0. The van der Waals surface area contributed by atoms with Crippen molar-refractivity contribution < 1.29 is 39.9 Å². The number of anilines is 2. The number of allylic oxidation sites excluding steroid dienone is 2. The molecule has 1 saturated heterocycles. The Bertz CT molecular complexity index is 1780. The van der Waals surface area contributed by atoms with Gasteiger partial charge in [-0.3, -0.25) is 0 Å². The van der Waals surface area contributed by atoms with Crippen LogP contribution in [-0.2, 0) is 13.5 Å². The summed E-state index contributed by atoms with van der Waals surface area (Å²) in [6.45, 7) is 24.1. The van der Waals surface area contributed by atoms with Gasteiger partial charge in [0, 0.05) is 32.4 Å². The maximum absolute atomic E-state index is 10.6. The Morgan fingerprint density at radius 3 is 1.15 bits per heavy atom. The molecule has 2 nitrogen and oxygen atoms in total. The minimum absolute atomic E-state index is 0.0465. The van der Waals surface area contributed by atoms with E-state index < -0.39 is 31.8 Å². The average molecular weight is 1070 g/mol. The zero-order valence-electron chi connectivity index (χ0n) is 40.7. The van der Waals surface area contributed by atoms with Gasteiger partial charge in [0.15, 0.2) is 0 Å². The fourth-order valence-electron chi connectivity index (χ4n) is 10.0. The van der Waals surface area contributed by atoms with Crippen molar-refractivity contribution in [2.24, 2.45) is 0 Å². The second kappa shape index (κ2) is 33.2. The van der Waals surface area contributed by atoms with Gasteiger partial charge < -0.3 is 9.80 Å². The van der Waals surface area contributed by atoms with Crippen LogP contribution >= 0.6 is 27.3 Å². The number of rotatable bonds is 6. The zero-order chi connectivity index (χ0) is 49.2. The molecule has 3 aromatic rings. The van der Waals surface area contributed by atoms with Crippen LogP contribution in [0.5, 0.6) is 0 Å². The van der Waals surface area contributed by atoms with E-state index in [9.17, 15) is 26.3 Å². The predicted molar refractivity (Wildman–Crippen MR) is 276 cm³/mol. The van der Waals surface area contributed by atoms with E-state index in [4.69, 9.17) is 19.4 Å². The first-order valence-corrected chi connectivity index (χ1v) is 30.8. The van der Waals surface area contributed by atoms with E-state index in [0.717, 1.165) is 24.7 Å². The zero-order valence-corrected chi connectivity index (χ0v) is 45.0. The summed E-state index contributed by atoms with van der Waals surface area (Å²) >= 11 is -1.61. The van der Waals surface area contributed by atoms with Gasteiger partial charge in [-0.25, -0.2) is 0 Å². The van der Waals surface area contributed by atoms with Crippen molar-refractivity contribution in [3.05, 3.63) is 137 Å². The average Bonchev–Trinajstić information content (AvgIpc) is 3.74. The number of hydrogen-bond donors (Lipinski definition) is 0. The van der Waals surface area contributed by atoms with Crippen LogP contribution in [0.4, 0.5) is 37.7 Å². The summed E-state index contributed by atoms with van der Waals surface area (Å²) in [7, 11) is 11.3. The molecule has 0 aromatic heterocycles. The molecule has 3 saturated carbocycles. The Morgan fingerprint density at radius 1 is 0.591 bits per heavy atom. The van der Waals surface area contributed by atoms with Crippen LogP contribution < -0.4 is 9.80 Å². The second-order valence-electron chi connectivity index (χ2n) is 17.7. The normalized spacial score (nSPS) is 16.5. The molecule has 4 aliphatic rings. The van der Waals surface area contributed by atoms with E-state index >= 15 is 0 Å². The Balaban J connectivity index is 0.000000310. The third-order valence-corrected chi connectivity index (χ3v) is 18.7. The number of nitrogens with zero attached hydrogens (tertiary/aromatic N) is 2. The Kier molecular flexibility index (Phi) is 30.0. The van der Waals surface area contributed by atoms with Gasteiger partial charge in [-0.15, -0.1) is 6.58 Å². The molecule has 372 valence electrons. The van der Waals surface area contributed by atoms with Gasteiger partial charge in [-0.1, -0.05) is 60.7 Å². The Morgan fingerprint density at radius 2 is 0.894 bits per heavy atom. The van der Waals surface area contributed by atoms with E-state index in [1.54, 1.807) is 102 Å². The molecular formula is C54H77Cl2F6N2PRu. The molecule has 0 amide bonds. The van der Waals surface area contributed by atoms with Crippen LogP contribution in [0.25, 0.3) is 0 Å². The Labute approximate surface area is 409 Å². The minimum atomic E-state index is -2.91. The molecule has 12 heteroatoms. The van der Waals surface area contributed by atoms with Crippen molar-refractivity contribution in [3.8, 4) is 0 Å². The predicted octanol–water partition coefficient (Wildman–Crippen LogP) is 18.9. The van der Waals surface area contributed by atoms with E-state index in [0.29, 0.717) is 0 Å². The molecule has 4 fully saturated rings. The Hall–Kier alpha value is -2.44. The maximum atomic E-state index is 10.6. The summed E-state index contributed by atoms with van der Waals surface area (Å²) in [5.41, 5.74) is 15.6. The molecule has 66 heavy (non-hydrogen) atoms. The van der Waals surface area contributed by atoms with Crippen LogP contribution in [0.2, 0.25) is 0 Å². The van der Waals surface area contributed by atoms with Gasteiger partial charge in [0.05, 0.1) is 17.0 Å². The molecule has 0 N–H and O–H groups in total. The van der Waals surface area contributed by atoms with E-state index in [1.165, 1.54) is 68.7 Å². The number of halogens is 8. The van der Waals surface area contributed by atoms with Crippen LogP contribution in [0.1, 0.15) is 149 Å². The first-order valence-electron chi connectivity index (χ1n) is 23.6. The van der Waals surface area contributed by atoms with Gasteiger partial charge in [-0.2, -0.15) is 33.0 Å². The molecule has 0 bridgehead atoms. The first kappa shape index (κ1) is 59.7. The summed E-state index contributed by atoms with van der Waals surface area (Å²) < 4.78 is 64.3. The number of aryl methyl sites for hydroxylation is 6. The quantitative estimate of drug-likeness (QED) is 0.0798. The van der Waals surface area contributed by atoms with Crippen molar-refractivity contribution in [2.75, 3.05) is 22.9 Å². The van der Waals surface area contributed by atoms with Gasteiger partial charge in [-0.05, 0) is 161 Å². The topological polar surface area (TPSA) is 6.48 Å². The molecule has 0 radical (unpaired) electrons. The molecule has 0 spiro atoms. The van der Waals surface area contributed by atoms with Crippen molar-refractivity contribution >= 4 is 43.3 Å². The molecule has 1 aliphatic heterocycles. The second-order valence-corrected chi connectivity index (χ2v) is 26.9. The van der Waals surface area contributed by atoms with Crippen LogP contribution in [0.3, 0.4) is 0 Å². The van der Waals surface area contributed by atoms with Crippen molar-refractivity contribution in [1.82, 2.24) is 0 Å². The summed E-state index contributed by atoms with van der Waals surface area (Å²) in [5.74, 6) is 0. The standard InChI is InChI=1S/C21H27N2.C18H33P.C7H6.C3H4F2.C3H6.C2F4.2ClH.Ru/c1-14-9-16(3)20(17(4)10-14)22-7-8-23(13-22)21-18(5)11-15(2)12-19(21)6;1-4-10-16(11-5-1)19(17-12-6-2-7-13-17)18-14-8-3-9-15-18;1-7-5-3-2-4-6-7;1-2-3(4)5;1-3-2;3-1(4)2(5)6;;;/h9-13H,7-8H2,1-6H3;16-18H,1-15H2;1-6H;2H,1H3;3H,1H2,2H3;;2*1H;/q-1;;;;;;;;+2/p-1. The molecule has 3 aromatic carbocycles. The fraction of sp³-hybridized carbons (Fsp3) is 0.519. The molecule has 0 unspecified atom stereocenters. The van der Waals surface area contributed by atoms with E-state index in [1.807, 2.05) is 41.9 Å². The van der Waals surface area contributed by atoms with Crippen LogP contribution in [-0.4, -0.2) is 34.7 Å². The summed E-state index contributed by atoms with van der Waals surface area (Å²) in [6.07, 6.45) is 18.9. The first-order chi connectivity index (χ1) is 31.4. The third-order valence-electron chi connectivity index (χ3n) is 12.3. The van der Waals surface area contributed by atoms with E-state index in [2.05, 4.69) is 88.9 Å². The van der Waals surface area contributed by atoms with Crippen molar-refractivity contribution in [2.45, 2.75) is 169 Å². The molecule has 0 atom stereocenters.